The highest BCUT2D eigenvalue weighted by Gasteiger charge is 2.04. The lowest BCUT2D eigenvalue weighted by Gasteiger charge is -2.12. The van der Waals surface area contributed by atoms with Gasteiger partial charge in [0.25, 0.3) is 0 Å². The Labute approximate surface area is 150 Å². The third-order valence-electron chi connectivity index (χ3n) is 3.40. The lowest BCUT2D eigenvalue weighted by Crippen LogP contribution is -2.40. The first-order valence-electron chi connectivity index (χ1n) is 7.81. The zero-order valence-electron chi connectivity index (χ0n) is 13.7. The summed E-state index contributed by atoms with van der Waals surface area (Å²) in [5.74, 6) is 1.25. The van der Waals surface area contributed by atoms with Crippen LogP contribution in [0.3, 0.4) is 0 Å². The van der Waals surface area contributed by atoms with Crippen LogP contribution in [0.2, 0.25) is 5.02 Å². The van der Waals surface area contributed by atoms with E-state index in [0.717, 1.165) is 22.9 Å². The second-order valence-corrected chi connectivity index (χ2v) is 7.18. The molecule has 2 N–H and O–H groups in total. The summed E-state index contributed by atoms with van der Waals surface area (Å²) in [5.41, 5.74) is 1.18. The van der Waals surface area contributed by atoms with Crippen LogP contribution in [-0.2, 0) is 17.2 Å². The molecule has 0 aliphatic carbocycles. The maximum atomic E-state index is 12.1. The third-order valence-corrected chi connectivity index (χ3v) is 5.01. The molecular formula is C18H22ClN3OS. The Bertz CT molecular complexity index is 692. The number of guanidine groups is 1. The van der Waals surface area contributed by atoms with E-state index in [9.17, 15) is 4.21 Å². The molecule has 2 aromatic rings. The number of hydrogen-bond acceptors (Lipinski definition) is 2. The molecule has 0 saturated heterocycles. The Morgan fingerprint density at radius 2 is 1.83 bits per heavy atom. The maximum Gasteiger partial charge on any atom is 0.191 e. The summed E-state index contributed by atoms with van der Waals surface area (Å²) in [6.07, 6.45) is 0.858. The molecule has 1 atom stereocenters. The number of rotatable bonds is 7. The Morgan fingerprint density at radius 3 is 2.54 bits per heavy atom. The van der Waals surface area contributed by atoms with Crippen molar-refractivity contribution >= 4 is 28.4 Å². The van der Waals surface area contributed by atoms with Crippen LogP contribution in [-0.4, -0.2) is 36.1 Å². The van der Waals surface area contributed by atoms with E-state index >= 15 is 0 Å². The van der Waals surface area contributed by atoms with Crippen molar-refractivity contribution < 1.29 is 4.21 Å². The van der Waals surface area contributed by atoms with Crippen molar-refractivity contribution in [3.05, 3.63) is 65.2 Å². The summed E-state index contributed by atoms with van der Waals surface area (Å²) in [6, 6.07) is 17.3. The lowest BCUT2D eigenvalue weighted by molar-refractivity contribution is 0.681. The Hall–Kier alpha value is -1.85. The summed E-state index contributed by atoms with van der Waals surface area (Å²) in [7, 11) is 0.725. The molecule has 0 bridgehead atoms. The monoisotopic (exact) mass is 363 g/mol. The second kappa shape index (κ2) is 10.1. The molecule has 1 unspecified atom stereocenters. The van der Waals surface area contributed by atoms with Crippen LogP contribution in [0.4, 0.5) is 0 Å². The molecular weight excluding hydrogens is 342 g/mol. The van der Waals surface area contributed by atoms with E-state index in [2.05, 4.69) is 15.6 Å². The molecule has 2 aromatic carbocycles. The molecule has 6 heteroatoms. The topological polar surface area (TPSA) is 53.5 Å². The standard InChI is InChI=1S/C18H22ClN3OS/c1-20-18(21-11-10-15-6-5-7-16(19)14-15)22-12-13-24(23)17-8-3-2-4-9-17/h2-9,14H,10-13H2,1H3,(H2,20,21,22). The minimum atomic E-state index is -1.000. The van der Waals surface area contributed by atoms with Crippen molar-refractivity contribution in [2.24, 2.45) is 4.99 Å². The van der Waals surface area contributed by atoms with Gasteiger partial charge in [0.1, 0.15) is 0 Å². The highest BCUT2D eigenvalue weighted by Crippen LogP contribution is 2.10. The summed E-state index contributed by atoms with van der Waals surface area (Å²) < 4.78 is 12.1. The molecule has 0 amide bonds. The van der Waals surface area contributed by atoms with Crippen molar-refractivity contribution in [1.29, 1.82) is 0 Å². The van der Waals surface area contributed by atoms with E-state index < -0.39 is 10.8 Å². The maximum absolute atomic E-state index is 12.1. The number of hydrogen-bond donors (Lipinski definition) is 2. The molecule has 0 fully saturated rings. The molecule has 0 saturated carbocycles. The summed E-state index contributed by atoms with van der Waals surface area (Å²) in [5, 5.41) is 7.18. The molecule has 0 spiro atoms. The van der Waals surface area contributed by atoms with Crippen molar-refractivity contribution in [1.82, 2.24) is 10.6 Å². The van der Waals surface area contributed by atoms with Gasteiger partial charge in [0.05, 0.1) is 10.8 Å². The van der Waals surface area contributed by atoms with Crippen LogP contribution in [0, 0.1) is 0 Å². The first-order chi connectivity index (χ1) is 11.7. The van der Waals surface area contributed by atoms with Gasteiger partial charge in [-0.3, -0.25) is 9.20 Å². The highest BCUT2D eigenvalue weighted by atomic mass is 35.5. The number of nitrogens with zero attached hydrogens (tertiary/aromatic N) is 1. The van der Waals surface area contributed by atoms with Gasteiger partial charge in [-0.25, -0.2) is 0 Å². The summed E-state index contributed by atoms with van der Waals surface area (Å²) >= 11 is 5.98. The molecule has 0 aliphatic rings. The van der Waals surface area contributed by atoms with Crippen LogP contribution in [0.1, 0.15) is 5.56 Å². The molecule has 0 aliphatic heterocycles. The van der Waals surface area contributed by atoms with E-state index in [-0.39, 0.29) is 0 Å². The Balaban J connectivity index is 1.70. The zero-order chi connectivity index (χ0) is 17.2. The first kappa shape index (κ1) is 18.5. The minimum Gasteiger partial charge on any atom is -0.356 e. The van der Waals surface area contributed by atoms with Crippen LogP contribution in [0.5, 0.6) is 0 Å². The fourth-order valence-corrected chi connectivity index (χ4v) is 3.39. The van der Waals surface area contributed by atoms with Gasteiger partial charge in [-0.05, 0) is 36.2 Å². The fraction of sp³-hybridized carbons (Fsp3) is 0.278. The predicted octanol–water partition coefficient (Wildman–Crippen LogP) is 2.86. The average Bonchev–Trinajstić information content (AvgIpc) is 2.61. The van der Waals surface area contributed by atoms with Gasteiger partial charge in [0.15, 0.2) is 5.96 Å². The molecule has 0 heterocycles. The van der Waals surface area contributed by atoms with Crippen LogP contribution in [0.25, 0.3) is 0 Å². The predicted molar refractivity (Wildman–Crippen MR) is 102 cm³/mol. The SMILES string of the molecule is CN=C(NCCc1cccc(Cl)c1)NCCS(=O)c1ccccc1. The Kier molecular flexibility index (Phi) is 7.79. The summed E-state index contributed by atoms with van der Waals surface area (Å²) in [6.45, 7) is 1.35. The van der Waals surface area contributed by atoms with Crippen molar-refractivity contribution in [3.8, 4) is 0 Å². The van der Waals surface area contributed by atoms with Gasteiger partial charge >= 0.3 is 0 Å². The Morgan fingerprint density at radius 1 is 1.08 bits per heavy atom. The summed E-state index contributed by atoms with van der Waals surface area (Å²) in [4.78, 5) is 5.03. The van der Waals surface area contributed by atoms with Gasteiger partial charge in [0, 0.05) is 35.8 Å². The highest BCUT2D eigenvalue weighted by molar-refractivity contribution is 7.85. The smallest absolute Gasteiger partial charge is 0.191 e. The molecule has 0 aromatic heterocycles. The molecule has 2 rings (SSSR count). The van der Waals surface area contributed by atoms with Crippen molar-refractivity contribution in [3.63, 3.8) is 0 Å². The van der Waals surface area contributed by atoms with Crippen LogP contribution >= 0.6 is 11.6 Å². The van der Waals surface area contributed by atoms with Crippen molar-refractivity contribution in [2.75, 3.05) is 25.9 Å². The van der Waals surface area contributed by atoms with Crippen LogP contribution < -0.4 is 10.6 Å². The number of aliphatic imine (C=N–C) groups is 1. The second-order valence-electron chi connectivity index (χ2n) is 5.17. The molecule has 24 heavy (non-hydrogen) atoms. The van der Waals surface area contributed by atoms with E-state index in [4.69, 9.17) is 11.6 Å². The average molecular weight is 364 g/mol. The normalized spacial score (nSPS) is 12.7. The largest absolute Gasteiger partial charge is 0.356 e. The zero-order valence-corrected chi connectivity index (χ0v) is 15.2. The van der Waals surface area contributed by atoms with Gasteiger partial charge < -0.3 is 10.6 Å². The molecule has 4 nitrogen and oxygen atoms in total. The number of nitrogens with one attached hydrogen (secondary N) is 2. The van der Waals surface area contributed by atoms with Gasteiger partial charge in [-0.2, -0.15) is 0 Å². The minimum absolute atomic E-state index is 0.541. The lowest BCUT2D eigenvalue weighted by atomic mass is 10.1. The quantitative estimate of drug-likeness (QED) is 0.587. The number of benzene rings is 2. The molecule has 0 radical (unpaired) electrons. The van der Waals surface area contributed by atoms with Crippen molar-refractivity contribution in [2.45, 2.75) is 11.3 Å². The molecule has 128 valence electrons. The van der Waals surface area contributed by atoms with E-state index in [1.165, 1.54) is 5.56 Å². The van der Waals surface area contributed by atoms with Gasteiger partial charge in [-0.15, -0.1) is 0 Å². The van der Waals surface area contributed by atoms with Crippen LogP contribution in [0.15, 0.2) is 64.5 Å². The third kappa shape index (κ3) is 6.34. The number of halogens is 1. The van der Waals surface area contributed by atoms with E-state index in [1.807, 2.05) is 54.6 Å². The first-order valence-corrected chi connectivity index (χ1v) is 9.51. The van der Waals surface area contributed by atoms with E-state index in [1.54, 1.807) is 7.05 Å². The van der Waals surface area contributed by atoms with Gasteiger partial charge in [0.2, 0.25) is 0 Å². The van der Waals surface area contributed by atoms with E-state index in [0.29, 0.717) is 18.3 Å². The fourth-order valence-electron chi connectivity index (χ4n) is 2.19. The van der Waals surface area contributed by atoms with Gasteiger partial charge in [-0.1, -0.05) is 41.9 Å².